The minimum absolute atomic E-state index is 0.667. The molecule has 0 aromatic heterocycles. The largest absolute Gasteiger partial charge is 0.385 e. The van der Waals surface area contributed by atoms with Crippen LogP contribution in [0.3, 0.4) is 0 Å². The van der Waals surface area contributed by atoms with E-state index in [0.717, 1.165) is 18.4 Å². The van der Waals surface area contributed by atoms with E-state index in [1.165, 1.54) is 31.2 Å². The lowest BCUT2D eigenvalue weighted by Crippen LogP contribution is -2.38. The molecule has 2 heteroatoms. The number of nitrogens with one attached hydrogen (secondary N) is 1. The van der Waals surface area contributed by atoms with Crippen LogP contribution in [-0.4, -0.2) is 26.8 Å². The Labute approximate surface area is 111 Å². The van der Waals surface area contributed by atoms with Crippen LogP contribution in [0.25, 0.3) is 0 Å². The zero-order valence-electron chi connectivity index (χ0n) is 11.6. The Morgan fingerprint density at radius 3 is 2.67 bits per heavy atom. The number of hydrogen-bond donors (Lipinski definition) is 1. The smallest absolute Gasteiger partial charge is 0.0465 e. The first-order valence-electron chi connectivity index (χ1n) is 7.06. The number of rotatable bonds is 5. The second-order valence-corrected chi connectivity index (χ2v) is 5.36. The van der Waals surface area contributed by atoms with Crippen molar-refractivity contribution >= 4 is 0 Å². The Kier molecular flexibility index (Phi) is 5.21. The van der Waals surface area contributed by atoms with Gasteiger partial charge in [-0.25, -0.2) is 0 Å². The van der Waals surface area contributed by atoms with Crippen LogP contribution < -0.4 is 5.32 Å². The normalized spacial score (nSPS) is 28.2. The molecule has 100 valence electrons. The van der Waals surface area contributed by atoms with Crippen molar-refractivity contribution < 1.29 is 4.74 Å². The summed E-state index contributed by atoms with van der Waals surface area (Å²) in [5.41, 5.74) is 1.51. The van der Waals surface area contributed by atoms with Gasteiger partial charge in [0.05, 0.1) is 0 Å². The van der Waals surface area contributed by atoms with Crippen molar-refractivity contribution in [2.24, 2.45) is 5.92 Å². The molecule has 0 spiro atoms. The number of benzene rings is 1. The van der Waals surface area contributed by atoms with Crippen LogP contribution in [0.1, 0.15) is 37.2 Å². The van der Waals surface area contributed by atoms with E-state index in [2.05, 4.69) is 42.7 Å². The topological polar surface area (TPSA) is 21.3 Å². The molecule has 2 rings (SSSR count). The van der Waals surface area contributed by atoms with Crippen LogP contribution in [0.2, 0.25) is 0 Å². The average Bonchev–Trinajstić information content (AvgIpc) is 2.45. The van der Waals surface area contributed by atoms with Crippen LogP contribution in [0.5, 0.6) is 0 Å². The van der Waals surface area contributed by atoms with E-state index >= 15 is 0 Å². The van der Waals surface area contributed by atoms with Crippen molar-refractivity contribution in [3.63, 3.8) is 0 Å². The van der Waals surface area contributed by atoms with Gasteiger partial charge in [0.15, 0.2) is 0 Å². The quantitative estimate of drug-likeness (QED) is 0.862. The summed E-state index contributed by atoms with van der Waals surface area (Å²) in [5, 5.41) is 3.48. The fourth-order valence-corrected chi connectivity index (χ4v) is 3.26. The average molecular weight is 247 g/mol. The number of ether oxygens (including phenoxy) is 1. The van der Waals surface area contributed by atoms with Gasteiger partial charge in [-0.1, -0.05) is 30.3 Å². The van der Waals surface area contributed by atoms with E-state index in [1.54, 1.807) is 7.11 Å². The zero-order chi connectivity index (χ0) is 12.8. The molecule has 1 aliphatic rings. The Bertz CT molecular complexity index is 338. The predicted octanol–water partition coefficient (Wildman–Crippen LogP) is 3.19. The second-order valence-electron chi connectivity index (χ2n) is 5.36. The summed E-state index contributed by atoms with van der Waals surface area (Å²) in [7, 11) is 3.89. The summed E-state index contributed by atoms with van der Waals surface area (Å²) in [6.07, 6.45) is 5.05. The molecule has 3 atom stereocenters. The summed E-state index contributed by atoms with van der Waals surface area (Å²) in [6.45, 7) is 0.879. The van der Waals surface area contributed by atoms with Crippen LogP contribution >= 0.6 is 0 Å². The van der Waals surface area contributed by atoms with E-state index in [-0.39, 0.29) is 0 Å². The van der Waals surface area contributed by atoms with E-state index in [1.807, 2.05) is 0 Å². The van der Waals surface area contributed by atoms with Gasteiger partial charge < -0.3 is 10.1 Å². The van der Waals surface area contributed by atoms with E-state index in [9.17, 15) is 0 Å². The van der Waals surface area contributed by atoms with Crippen molar-refractivity contribution in [2.75, 3.05) is 20.8 Å². The highest BCUT2D eigenvalue weighted by Crippen LogP contribution is 2.37. The first-order chi connectivity index (χ1) is 8.85. The monoisotopic (exact) mass is 247 g/mol. The lowest BCUT2D eigenvalue weighted by atomic mass is 9.74. The summed E-state index contributed by atoms with van der Waals surface area (Å²) < 4.78 is 5.25. The lowest BCUT2D eigenvalue weighted by Gasteiger charge is -2.36. The zero-order valence-corrected chi connectivity index (χ0v) is 11.6. The number of methoxy groups -OCH3 is 1. The Balaban J connectivity index is 2.00. The molecule has 1 aliphatic carbocycles. The molecular formula is C16H25NO. The summed E-state index contributed by atoms with van der Waals surface area (Å²) >= 11 is 0. The minimum atomic E-state index is 0.667. The molecule has 0 heterocycles. The molecule has 1 fully saturated rings. The molecule has 0 aliphatic heterocycles. The predicted molar refractivity (Wildman–Crippen MR) is 75.9 cm³/mol. The van der Waals surface area contributed by atoms with E-state index < -0.39 is 0 Å². The van der Waals surface area contributed by atoms with Gasteiger partial charge >= 0.3 is 0 Å². The van der Waals surface area contributed by atoms with Gasteiger partial charge in [0, 0.05) is 19.8 Å². The molecule has 0 bridgehead atoms. The third-order valence-corrected chi connectivity index (χ3v) is 4.32. The highest BCUT2D eigenvalue weighted by Gasteiger charge is 2.29. The highest BCUT2D eigenvalue weighted by atomic mass is 16.5. The summed E-state index contributed by atoms with van der Waals surface area (Å²) in [6, 6.07) is 11.6. The van der Waals surface area contributed by atoms with Crippen LogP contribution in [0.15, 0.2) is 30.3 Å². The van der Waals surface area contributed by atoms with Crippen LogP contribution in [0.4, 0.5) is 0 Å². The van der Waals surface area contributed by atoms with E-state index in [0.29, 0.717) is 6.04 Å². The molecule has 1 aromatic carbocycles. The standard InChI is InChI=1S/C16H25NO/c1-17-16-9-8-14(12-15(16)10-11-18-2)13-6-4-3-5-7-13/h3-7,14-17H,8-12H2,1-2H3. The molecule has 0 radical (unpaired) electrons. The van der Waals surface area contributed by atoms with Gasteiger partial charge in [-0.3, -0.25) is 0 Å². The van der Waals surface area contributed by atoms with Crippen molar-refractivity contribution in [3.8, 4) is 0 Å². The lowest BCUT2D eigenvalue weighted by molar-refractivity contribution is 0.145. The van der Waals surface area contributed by atoms with Crippen molar-refractivity contribution in [2.45, 2.75) is 37.6 Å². The molecule has 0 amide bonds. The molecule has 2 nitrogen and oxygen atoms in total. The molecule has 1 saturated carbocycles. The Morgan fingerprint density at radius 1 is 1.22 bits per heavy atom. The van der Waals surface area contributed by atoms with Crippen LogP contribution in [-0.2, 0) is 4.74 Å². The van der Waals surface area contributed by atoms with Gasteiger partial charge in [-0.15, -0.1) is 0 Å². The molecule has 1 aromatic rings. The van der Waals surface area contributed by atoms with Gasteiger partial charge in [0.2, 0.25) is 0 Å². The number of hydrogen-bond acceptors (Lipinski definition) is 2. The molecule has 0 saturated heterocycles. The second kappa shape index (κ2) is 6.91. The van der Waals surface area contributed by atoms with Gasteiger partial charge in [-0.05, 0) is 50.1 Å². The van der Waals surface area contributed by atoms with Gasteiger partial charge in [-0.2, -0.15) is 0 Å². The maximum absolute atomic E-state index is 5.25. The van der Waals surface area contributed by atoms with Crippen molar-refractivity contribution in [1.29, 1.82) is 0 Å². The maximum Gasteiger partial charge on any atom is 0.0465 e. The first-order valence-corrected chi connectivity index (χ1v) is 7.06. The summed E-state index contributed by atoms with van der Waals surface area (Å²) in [5.74, 6) is 1.48. The maximum atomic E-state index is 5.25. The molecule has 18 heavy (non-hydrogen) atoms. The van der Waals surface area contributed by atoms with Crippen LogP contribution in [0, 0.1) is 5.92 Å². The Morgan fingerprint density at radius 2 is 2.00 bits per heavy atom. The summed E-state index contributed by atoms with van der Waals surface area (Å²) in [4.78, 5) is 0. The van der Waals surface area contributed by atoms with Gasteiger partial charge in [0.1, 0.15) is 0 Å². The Hall–Kier alpha value is -0.860. The van der Waals surface area contributed by atoms with Crippen molar-refractivity contribution in [1.82, 2.24) is 5.32 Å². The first kappa shape index (κ1) is 13.6. The van der Waals surface area contributed by atoms with Crippen molar-refractivity contribution in [3.05, 3.63) is 35.9 Å². The third kappa shape index (κ3) is 3.33. The SMILES string of the molecule is CNC1CCC(c2ccccc2)CC1CCOC. The van der Waals surface area contributed by atoms with E-state index in [4.69, 9.17) is 4.74 Å². The highest BCUT2D eigenvalue weighted by molar-refractivity contribution is 5.20. The fourth-order valence-electron chi connectivity index (χ4n) is 3.26. The molecular weight excluding hydrogens is 222 g/mol. The molecule has 3 unspecified atom stereocenters. The fraction of sp³-hybridized carbons (Fsp3) is 0.625. The third-order valence-electron chi connectivity index (χ3n) is 4.32. The van der Waals surface area contributed by atoms with Gasteiger partial charge in [0.25, 0.3) is 0 Å². The minimum Gasteiger partial charge on any atom is -0.385 e. The molecule has 1 N–H and O–H groups in total.